The Bertz CT molecular complexity index is 1230. The molecule has 2 aromatic carbocycles. The fourth-order valence-electron chi connectivity index (χ4n) is 3.45. The lowest BCUT2D eigenvalue weighted by molar-refractivity contribution is -0.116. The number of pyridine rings is 1. The second-order valence-electron chi connectivity index (χ2n) is 7.29. The number of amides is 1. The van der Waals surface area contributed by atoms with Crippen molar-refractivity contribution in [2.75, 3.05) is 18.4 Å². The zero-order valence-corrected chi connectivity index (χ0v) is 19.0. The fourth-order valence-corrected chi connectivity index (χ4v) is 4.93. The summed E-state index contributed by atoms with van der Waals surface area (Å²) in [6.45, 7) is 3.84. The highest BCUT2D eigenvalue weighted by atomic mass is 32.2. The van der Waals surface area contributed by atoms with E-state index in [1.165, 1.54) is 22.6 Å². The summed E-state index contributed by atoms with van der Waals surface area (Å²) in [6.07, 6.45) is 1.88. The molecule has 0 radical (unpaired) electrons. The number of hydrogen-bond acceptors (Lipinski definition) is 4. The second kappa shape index (κ2) is 10.4. The summed E-state index contributed by atoms with van der Waals surface area (Å²) in [4.78, 5) is 25.0. The molecule has 0 aliphatic rings. The predicted octanol–water partition coefficient (Wildman–Crippen LogP) is 3.11. The van der Waals surface area contributed by atoms with Crippen molar-refractivity contribution in [1.82, 2.24) is 8.87 Å². The maximum Gasteiger partial charge on any atom is 0.251 e. The number of nitrogens with zero attached hydrogens (tertiary/aromatic N) is 2. The van der Waals surface area contributed by atoms with Gasteiger partial charge in [-0.25, -0.2) is 8.42 Å². The van der Waals surface area contributed by atoms with Crippen LogP contribution in [0.4, 0.5) is 5.69 Å². The van der Waals surface area contributed by atoms with E-state index in [1.807, 2.05) is 48.5 Å². The Labute approximate surface area is 188 Å². The summed E-state index contributed by atoms with van der Waals surface area (Å²) >= 11 is 0. The number of benzene rings is 2. The average molecular weight is 454 g/mol. The maximum atomic E-state index is 12.8. The minimum Gasteiger partial charge on any atom is -0.324 e. The maximum absolute atomic E-state index is 12.8. The molecule has 7 nitrogen and oxygen atoms in total. The van der Waals surface area contributed by atoms with Gasteiger partial charge < -0.3 is 9.88 Å². The zero-order valence-electron chi connectivity index (χ0n) is 18.2. The molecular formula is C24H27N3O4S. The molecule has 3 aromatic rings. The zero-order chi connectivity index (χ0) is 23.1. The molecule has 1 amide bonds. The highest BCUT2D eigenvalue weighted by Gasteiger charge is 2.22. The Hall–Kier alpha value is -3.23. The third-order valence-electron chi connectivity index (χ3n) is 5.14. The van der Waals surface area contributed by atoms with Crippen LogP contribution in [0.5, 0.6) is 0 Å². The number of anilines is 1. The molecule has 0 atom stereocenters. The molecule has 0 unspecified atom stereocenters. The number of rotatable bonds is 9. The SMILES string of the molecule is CCN(CC)S(=O)(=O)c1ccc(=O)n(CC(=O)Nc2ccccc2Cc2ccccc2)c1. The number of nitrogens with one attached hydrogen (secondary N) is 1. The highest BCUT2D eigenvalue weighted by Crippen LogP contribution is 2.19. The Morgan fingerprint density at radius 1 is 0.938 bits per heavy atom. The molecule has 1 aromatic heterocycles. The van der Waals surface area contributed by atoms with Gasteiger partial charge in [0, 0.05) is 31.0 Å². The van der Waals surface area contributed by atoms with E-state index in [-0.39, 0.29) is 11.4 Å². The molecule has 8 heteroatoms. The van der Waals surface area contributed by atoms with Gasteiger partial charge in [0.1, 0.15) is 6.54 Å². The standard InChI is InChI=1S/C24H27N3O4S/c1-3-27(4-2)32(30,31)21-14-15-24(29)26(17-21)18-23(28)25-22-13-9-8-12-20(22)16-19-10-6-5-7-11-19/h5-15,17H,3-4,16,18H2,1-2H3,(H,25,28). The summed E-state index contributed by atoms with van der Waals surface area (Å²) in [5.74, 6) is -0.412. The van der Waals surface area contributed by atoms with Crippen molar-refractivity contribution >= 4 is 21.6 Å². The van der Waals surface area contributed by atoms with Crippen LogP contribution < -0.4 is 10.9 Å². The van der Waals surface area contributed by atoms with Crippen LogP contribution in [0.3, 0.4) is 0 Å². The van der Waals surface area contributed by atoms with Crippen molar-refractivity contribution in [1.29, 1.82) is 0 Å². The van der Waals surface area contributed by atoms with Crippen molar-refractivity contribution in [3.05, 3.63) is 94.4 Å². The summed E-state index contributed by atoms with van der Waals surface area (Å²) in [5.41, 5.74) is 2.26. The summed E-state index contributed by atoms with van der Waals surface area (Å²) in [5, 5.41) is 2.85. The first kappa shape index (κ1) is 23.4. The van der Waals surface area contributed by atoms with Crippen LogP contribution in [-0.2, 0) is 27.8 Å². The van der Waals surface area contributed by atoms with E-state index in [0.29, 0.717) is 25.2 Å². The van der Waals surface area contributed by atoms with Gasteiger partial charge >= 0.3 is 0 Å². The molecule has 0 fully saturated rings. The number of aromatic nitrogens is 1. The topological polar surface area (TPSA) is 88.5 Å². The Morgan fingerprint density at radius 3 is 2.28 bits per heavy atom. The van der Waals surface area contributed by atoms with Crippen LogP contribution in [0.1, 0.15) is 25.0 Å². The van der Waals surface area contributed by atoms with Gasteiger partial charge in [-0.15, -0.1) is 0 Å². The Balaban J connectivity index is 1.80. The molecule has 32 heavy (non-hydrogen) atoms. The lowest BCUT2D eigenvalue weighted by Crippen LogP contribution is -2.33. The smallest absolute Gasteiger partial charge is 0.251 e. The van der Waals surface area contributed by atoms with E-state index >= 15 is 0 Å². The van der Waals surface area contributed by atoms with E-state index in [0.717, 1.165) is 15.7 Å². The third-order valence-corrected chi connectivity index (χ3v) is 7.18. The number of hydrogen-bond donors (Lipinski definition) is 1. The van der Waals surface area contributed by atoms with Gasteiger partial charge in [-0.2, -0.15) is 4.31 Å². The van der Waals surface area contributed by atoms with Crippen molar-refractivity contribution in [2.24, 2.45) is 0 Å². The summed E-state index contributed by atoms with van der Waals surface area (Å²) in [7, 11) is -3.73. The van der Waals surface area contributed by atoms with Gasteiger partial charge in [-0.1, -0.05) is 62.4 Å². The Morgan fingerprint density at radius 2 is 1.59 bits per heavy atom. The van der Waals surface area contributed by atoms with Crippen LogP contribution in [-0.4, -0.2) is 36.3 Å². The van der Waals surface area contributed by atoms with Crippen LogP contribution in [0, 0.1) is 0 Å². The average Bonchev–Trinajstić information content (AvgIpc) is 2.78. The van der Waals surface area contributed by atoms with Crippen molar-refractivity contribution in [3.63, 3.8) is 0 Å². The van der Waals surface area contributed by atoms with E-state index in [2.05, 4.69) is 5.32 Å². The first-order valence-electron chi connectivity index (χ1n) is 10.5. The van der Waals surface area contributed by atoms with E-state index in [9.17, 15) is 18.0 Å². The largest absolute Gasteiger partial charge is 0.324 e. The second-order valence-corrected chi connectivity index (χ2v) is 9.23. The minimum atomic E-state index is -3.73. The van der Waals surface area contributed by atoms with Gasteiger partial charge in [-0.3, -0.25) is 9.59 Å². The van der Waals surface area contributed by atoms with Crippen LogP contribution in [0.2, 0.25) is 0 Å². The van der Waals surface area contributed by atoms with Crippen molar-refractivity contribution in [2.45, 2.75) is 31.7 Å². The van der Waals surface area contributed by atoms with E-state index in [1.54, 1.807) is 19.9 Å². The van der Waals surface area contributed by atoms with E-state index < -0.39 is 21.5 Å². The lowest BCUT2D eigenvalue weighted by atomic mass is 10.0. The molecule has 0 spiro atoms. The molecule has 3 rings (SSSR count). The van der Waals surface area contributed by atoms with Gasteiger partial charge in [0.15, 0.2) is 0 Å². The number of para-hydroxylation sites is 1. The quantitative estimate of drug-likeness (QED) is 0.539. The van der Waals surface area contributed by atoms with Gasteiger partial charge in [0.25, 0.3) is 5.56 Å². The molecule has 1 N–H and O–H groups in total. The molecular weight excluding hydrogens is 426 g/mol. The van der Waals surface area contributed by atoms with Crippen LogP contribution in [0.15, 0.2) is 82.6 Å². The first-order chi connectivity index (χ1) is 15.3. The van der Waals surface area contributed by atoms with Gasteiger partial charge in [0.05, 0.1) is 4.90 Å². The molecule has 0 saturated carbocycles. The molecule has 0 aliphatic carbocycles. The molecule has 0 saturated heterocycles. The lowest BCUT2D eigenvalue weighted by Gasteiger charge is -2.19. The number of sulfonamides is 1. The Kier molecular flexibility index (Phi) is 7.61. The highest BCUT2D eigenvalue weighted by molar-refractivity contribution is 7.89. The van der Waals surface area contributed by atoms with Crippen LogP contribution in [0.25, 0.3) is 0 Å². The molecule has 168 valence electrons. The van der Waals surface area contributed by atoms with Crippen molar-refractivity contribution in [3.8, 4) is 0 Å². The normalized spacial score (nSPS) is 11.5. The summed E-state index contributed by atoms with van der Waals surface area (Å²) in [6, 6.07) is 19.8. The van der Waals surface area contributed by atoms with E-state index in [4.69, 9.17) is 0 Å². The minimum absolute atomic E-state index is 0.0157. The number of carbonyl (C=O) groups is 1. The molecule has 0 aliphatic heterocycles. The van der Waals surface area contributed by atoms with Gasteiger partial charge in [0.2, 0.25) is 15.9 Å². The monoisotopic (exact) mass is 453 g/mol. The van der Waals surface area contributed by atoms with Crippen molar-refractivity contribution < 1.29 is 13.2 Å². The first-order valence-corrected chi connectivity index (χ1v) is 11.9. The van der Waals surface area contributed by atoms with Gasteiger partial charge in [-0.05, 0) is 29.7 Å². The molecule has 1 heterocycles. The molecule has 0 bridgehead atoms. The fraction of sp³-hybridized carbons (Fsp3) is 0.250. The number of carbonyl (C=O) groups excluding carboxylic acids is 1. The predicted molar refractivity (Wildman–Crippen MR) is 125 cm³/mol. The summed E-state index contributed by atoms with van der Waals surface area (Å²) < 4.78 is 27.9. The van der Waals surface area contributed by atoms with Crippen LogP contribution >= 0.6 is 0 Å². The third kappa shape index (κ3) is 5.52.